The fourth-order valence-electron chi connectivity index (χ4n) is 1.83. The van der Waals surface area contributed by atoms with Gasteiger partial charge in [0.1, 0.15) is 12.4 Å². The zero-order valence-corrected chi connectivity index (χ0v) is 11.7. The lowest BCUT2D eigenvalue weighted by Gasteiger charge is -2.07. The number of amides is 1. The molecule has 0 heterocycles. The van der Waals surface area contributed by atoms with E-state index in [1.807, 2.05) is 0 Å². The van der Waals surface area contributed by atoms with E-state index in [-0.39, 0.29) is 29.1 Å². The zero-order chi connectivity index (χ0) is 17.0. The lowest BCUT2D eigenvalue weighted by molar-refractivity contribution is -0.385. The Bertz CT molecular complexity index is 773. The van der Waals surface area contributed by atoms with Crippen molar-refractivity contribution in [3.63, 3.8) is 0 Å². The maximum atomic E-state index is 11.1. The topological polar surface area (TPSA) is 139 Å². The summed E-state index contributed by atoms with van der Waals surface area (Å²) in [4.78, 5) is 31.5. The number of nitro benzene ring substituents is 2. The SMILES string of the molecule is NC(=O)c1ccc(COc2ccc([N+](=O)[O-])cc2)c([N+](=O)[O-])c1. The van der Waals surface area contributed by atoms with Gasteiger partial charge < -0.3 is 10.5 Å². The van der Waals surface area contributed by atoms with Gasteiger partial charge in [0.25, 0.3) is 11.4 Å². The first-order chi connectivity index (χ1) is 10.9. The molecule has 9 heteroatoms. The van der Waals surface area contributed by atoms with E-state index < -0.39 is 15.8 Å². The third kappa shape index (κ3) is 3.79. The molecule has 0 atom stereocenters. The van der Waals surface area contributed by atoms with Crippen molar-refractivity contribution in [2.24, 2.45) is 5.73 Å². The Morgan fingerprint density at radius 3 is 2.22 bits per heavy atom. The number of benzene rings is 2. The molecule has 1 amide bonds. The fourth-order valence-corrected chi connectivity index (χ4v) is 1.83. The molecule has 0 saturated carbocycles. The van der Waals surface area contributed by atoms with Crippen molar-refractivity contribution in [1.82, 2.24) is 0 Å². The molecule has 23 heavy (non-hydrogen) atoms. The van der Waals surface area contributed by atoms with Crippen LogP contribution in [0.2, 0.25) is 0 Å². The molecule has 0 fully saturated rings. The lowest BCUT2D eigenvalue weighted by Crippen LogP contribution is -2.12. The molecule has 118 valence electrons. The number of rotatable bonds is 6. The minimum absolute atomic E-state index is 0.0239. The Morgan fingerprint density at radius 1 is 1.04 bits per heavy atom. The van der Waals surface area contributed by atoms with Gasteiger partial charge in [0, 0.05) is 23.8 Å². The Balaban J connectivity index is 2.18. The van der Waals surface area contributed by atoms with Gasteiger partial charge >= 0.3 is 0 Å². The normalized spacial score (nSPS) is 10.1. The van der Waals surface area contributed by atoms with Gasteiger partial charge in [-0.3, -0.25) is 25.0 Å². The van der Waals surface area contributed by atoms with Crippen molar-refractivity contribution in [2.75, 3.05) is 0 Å². The summed E-state index contributed by atoms with van der Waals surface area (Å²) in [5, 5.41) is 21.6. The number of nitrogens with two attached hydrogens (primary N) is 1. The molecule has 0 aliphatic rings. The highest BCUT2D eigenvalue weighted by atomic mass is 16.6. The summed E-state index contributed by atoms with van der Waals surface area (Å²) in [7, 11) is 0. The number of carbonyl (C=O) groups is 1. The molecule has 0 radical (unpaired) electrons. The first-order valence-electron chi connectivity index (χ1n) is 6.33. The molecule has 0 aliphatic carbocycles. The van der Waals surface area contributed by atoms with Gasteiger partial charge in [-0.05, 0) is 24.3 Å². The number of nitro groups is 2. The summed E-state index contributed by atoms with van der Waals surface area (Å²) in [5.74, 6) is -0.445. The van der Waals surface area contributed by atoms with E-state index in [1.165, 1.54) is 36.4 Å². The maximum absolute atomic E-state index is 11.1. The van der Waals surface area contributed by atoms with Crippen molar-refractivity contribution in [3.05, 3.63) is 73.8 Å². The van der Waals surface area contributed by atoms with Gasteiger partial charge in [-0.2, -0.15) is 0 Å². The summed E-state index contributed by atoms with van der Waals surface area (Å²) >= 11 is 0. The second kappa shape index (κ2) is 6.52. The summed E-state index contributed by atoms with van der Waals surface area (Å²) in [6.07, 6.45) is 0. The fraction of sp³-hybridized carbons (Fsp3) is 0.0714. The second-order valence-electron chi connectivity index (χ2n) is 4.50. The average molecular weight is 317 g/mol. The van der Waals surface area contributed by atoms with Crippen molar-refractivity contribution in [3.8, 4) is 5.75 Å². The Labute approximate surface area is 129 Å². The van der Waals surface area contributed by atoms with Crippen LogP contribution in [0.25, 0.3) is 0 Å². The van der Waals surface area contributed by atoms with Gasteiger partial charge in [-0.25, -0.2) is 0 Å². The van der Waals surface area contributed by atoms with E-state index in [9.17, 15) is 25.0 Å². The van der Waals surface area contributed by atoms with Crippen LogP contribution in [0.4, 0.5) is 11.4 Å². The molecule has 2 aromatic rings. The second-order valence-corrected chi connectivity index (χ2v) is 4.50. The van der Waals surface area contributed by atoms with Gasteiger partial charge in [-0.1, -0.05) is 0 Å². The zero-order valence-electron chi connectivity index (χ0n) is 11.7. The highest BCUT2D eigenvalue weighted by Gasteiger charge is 2.17. The van der Waals surface area contributed by atoms with Crippen LogP contribution in [0.3, 0.4) is 0 Å². The van der Waals surface area contributed by atoms with E-state index in [2.05, 4.69) is 0 Å². The number of ether oxygens (including phenoxy) is 1. The number of hydrogen-bond donors (Lipinski definition) is 1. The Kier molecular flexibility index (Phi) is 4.50. The van der Waals surface area contributed by atoms with Gasteiger partial charge in [-0.15, -0.1) is 0 Å². The van der Waals surface area contributed by atoms with Crippen molar-refractivity contribution >= 4 is 17.3 Å². The third-order valence-corrected chi connectivity index (χ3v) is 3.01. The molecule has 2 N–H and O–H groups in total. The molecule has 0 spiro atoms. The highest BCUT2D eigenvalue weighted by molar-refractivity contribution is 5.93. The van der Waals surface area contributed by atoms with E-state index in [0.29, 0.717) is 5.75 Å². The monoisotopic (exact) mass is 317 g/mol. The summed E-state index contributed by atoms with van der Waals surface area (Å²) in [5.41, 5.74) is 4.98. The molecule has 2 rings (SSSR count). The van der Waals surface area contributed by atoms with Crippen molar-refractivity contribution in [1.29, 1.82) is 0 Å². The van der Waals surface area contributed by atoms with Crippen LogP contribution in [0.15, 0.2) is 42.5 Å². The van der Waals surface area contributed by atoms with Crippen LogP contribution in [-0.2, 0) is 6.61 Å². The van der Waals surface area contributed by atoms with Crippen LogP contribution in [0.1, 0.15) is 15.9 Å². The highest BCUT2D eigenvalue weighted by Crippen LogP contribution is 2.23. The molecular weight excluding hydrogens is 306 g/mol. The molecule has 0 bridgehead atoms. The number of hydrogen-bond acceptors (Lipinski definition) is 6. The maximum Gasteiger partial charge on any atom is 0.276 e. The number of carbonyl (C=O) groups excluding carboxylic acids is 1. The van der Waals surface area contributed by atoms with Gasteiger partial charge in [0.15, 0.2) is 0 Å². The molecular formula is C14H11N3O6. The predicted octanol–water partition coefficient (Wildman–Crippen LogP) is 2.18. The van der Waals surface area contributed by atoms with Crippen molar-refractivity contribution < 1.29 is 19.4 Å². The van der Waals surface area contributed by atoms with Crippen LogP contribution in [0, 0.1) is 20.2 Å². The summed E-state index contributed by atoms with van der Waals surface area (Å²) in [6, 6.07) is 9.13. The van der Waals surface area contributed by atoms with Crippen molar-refractivity contribution in [2.45, 2.75) is 6.61 Å². The quantitative estimate of drug-likeness (QED) is 0.639. The predicted molar refractivity (Wildman–Crippen MR) is 79.0 cm³/mol. The van der Waals surface area contributed by atoms with Gasteiger partial charge in [0.2, 0.25) is 5.91 Å². The first-order valence-corrected chi connectivity index (χ1v) is 6.33. The minimum atomic E-state index is -0.768. The molecule has 0 aromatic heterocycles. The largest absolute Gasteiger partial charge is 0.489 e. The molecule has 0 aliphatic heterocycles. The standard InChI is InChI=1S/C14H11N3O6/c15-14(18)9-1-2-10(13(7-9)17(21)22)8-23-12-5-3-11(4-6-12)16(19)20/h1-7H,8H2,(H2,15,18). The lowest BCUT2D eigenvalue weighted by atomic mass is 10.1. The average Bonchev–Trinajstić information content (AvgIpc) is 2.52. The van der Waals surface area contributed by atoms with E-state index >= 15 is 0 Å². The third-order valence-electron chi connectivity index (χ3n) is 3.01. The molecule has 9 nitrogen and oxygen atoms in total. The van der Waals surface area contributed by atoms with Crippen LogP contribution in [-0.4, -0.2) is 15.8 Å². The Morgan fingerprint density at radius 2 is 1.70 bits per heavy atom. The van der Waals surface area contributed by atoms with Crippen LogP contribution in [0.5, 0.6) is 5.75 Å². The minimum Gasteiger partial charge on any atom is -0.489 e. The molecule has 0 saturated heterocycles. The number of primary amides is 1. The van der Waals surface area contributed by atoms with Crippen LogP contribution < -0.4 is 10.5 Å². The van der Waals surface area contributed by atoms with E-state index in [1.54, 1.807) is 0 Å². The molecule has 2 aromatic carbocycles. The first kappa shape index (κ1) is 15.9. The summed E-state index contributed by atoms with van der Waals surface area (Å²) < 4.78 is 5.37. The van der Waals surface area contributed by atoms with E-state index in [4.69, 9.17) is 10.5 Å². The Hall–Kier alpha value is -3.49. The number of nitrogens with zero attached hydrogens (tertiary/aromatic N) is 2. The van der Waals surface area contributed by atoms with Gasteiger partial charge in [0.05, 0.1) is 15.4 Å². The van der Waals surface area contributed by atoms with Crippen LogP contribution >= 0.6 is 0 Å². The number of non-ortho nitro benzene ring substituents is 1. The molecule has 0 unspecified atom stereocenters. The van der Waals surface area contributed by atoms with E-state index in [0.717, 1.165) is 6.07 Å². The smallest absolute Gasteiger partial charge is 0.276 e. The summed E-state index contributed by atoms with van der Waals surface area (Å²) in [6.45, 7) is -0.132.